The van der Waals surface area contributed by atoms with Gasteiger partial charge >= 0.3 is 0 Å². The highest BCUT2D eigenvalue weighted by Crippen LogP contribution is 2.18. The van der Waals surface area contributed by atoms with Crippen LogP contribution in [0.5, 0.6) is 0 Å². The third kappa shape index (κ3) is 1.41. The molecule has 0 amide bonds. The summed E-state index contributed by atoms with van der Waals surface area (Å²) in [6, 6.07) is 0.293. The number of hydrogen-bond donors (Lipinski definition) is 1. The Bertz CT molecular complexity index is 91.1. The number of rotatable bonds is 2. The van der Waals surface area contributed by atoms with E-state index in [0.717, 1.165) is 0 Å². The lowest BCUT2D eigenvalue weighted by molar-refractivity contribution is -0.382. The monoisotopic (exact) mass is 131 g/mol. The van der Waals surface area contributed by atoms with Crippen LogP contribution < -0.4 is 5.32 Å². The zero-order valence-corrected chi connectivity index (χ0v) is 6.05. The average Bonchev–Trinajstić information content (AvgIpc) is 1.79. The van der Waals surface area contributed by atoms with Gasteiger partial charge in [0.05, 0.1) is 6.04 Å². The minimum atomic E-state index is -0.0370. The highest BCUT2D eigenvalue weighted by atomic mass is 16.9. The molecule has 0 bridgehead atoms. The molecule has 1 N–H and O–H groups in total. The molecule has 0 aromatic carbocycles. The van der Waals surface area contributed by atoms with Crippen molar-refractivity contribution in [1.82, 2.24) is 5.32 Å². The predicted octanol–water partition coefficient (Wildman–Crippen LogP) is 0.313. The predicted molar refractivity (Wildman–Crippen MR) is 33.9 cm³/mol. The van der Waals surface area contributed by atoms with Crippen molar-refractivity contribution in [1.29, 1.82) is 0 Å². The van der Waals surface area contributed by atoms with Gasteiger partial charge in [-0.15, -0.1) is 0 Å². The number of ether oxygens (including phenoxy) is 2. The van der Waals surface area contributed by atoms with Gasteiger partial charge < -0.3 is 14.8 Å². The van der Waals surface area contributed by atoms with Crippen molar-refractivity contribution < 1.29 is 9.47 Å². The van der Waals surface area contributed by atoms with Crippen LogP contribution in [0.4, 0.5) is 0 Å². The first-order valence-electron chi connectivity index (χ1n) is 3.22. The van der Waals surface area contributed by atoms with Gasteiger partial charge in [0.1, 0.15) is 0 Å². The zero-order valence-electron chi connectivity index (χ0n) is 6.05. The molecule has 0 saturated carbocycles. The second kappa shape index (κ2) is 2.64. The van der Waals surface area contributed by atoms with Crippen molar-refractivity contribution in [3.05, 3.63) is 0 Å². The third-order valence-electron chi connectivity index (χ3n) is 1.52. The van der Waals surface area contributed by atoms with Crippen LogP contribution in [0.25, 0.3) is 0 Å². The van der Waals surface area contributed by atoms with Crippen LogP contribution in [-0.2, 0) is 9.47 Å². The van der Waals surface area contributed by atoms with Crippen molar-refractivity contribution in [3.8, 4) is 0 Å². The second-order valence-corrected chi connectivity index (χ2v) is 2.29. The smallest absolute Gasteiger partial charge is 0.178 e. The second-order valence-electron chi connectivity index (χ2n) is 2.29. The lowest BCUT2D eigenvalue weighted by Gasteiger charge is -2.37. The van der Waals surface area contributed by atoms with Crippen LogP contribution in [-0.4, -0.2) is 25.7 Å². The molecule has 0 aromatic rings. The van der Waals surface area contributed by atoms with E-state index in [1.54, 1.807) is 0 Å². The van der Waals surface area contributed by atoms with E-state index in [-0.39, 0.29) is 12.6 Å². The van der Waals surface area contributed by atoms with Gasteiger partial charge in [-0.25, -0.2) is 0 Å². The molecule has 1 saturated heterocycles. The molecule has 0 radical (unpaired) electrons. The maximum atomic E-state index is 5.21. The summed E-state index contributed by atoms with van der Waals surface area (Å²) in [6.45, 7) is 3.91. The summed E-state index contributed by atoms with van der Waals surface area (Å²) in [5.41, 5.74) is 0. The Kier molecular flexibility index (Phi) is 2.05. The number of nitrogens with one attached hydrogen (secondary N) is 1. The summed E-state index contributed by atoms with van der Waals surface area (Å²) >= 11 is 0. The van der Waals surface area contributed by atoms with E-state index in [1.807, 2.05) is 20.9 Å². The average molecular weight is 131 g/mol. The minimum Gasteiger partial charge on any atom is -0.322 e. The Hall–Kier alpha value is -0.120. The largest absolute Gasteiger partial charge is 0.322 e. The van der Waals surface area contributed by atoms with E-state index in [0.29, 0.717) is 6.04 Å². The molecule has 0 aromatic heterocycles. The normalized spacial score (nSPS) is 37.7. The fraction of sp³-hybridized carbons (Fsp3) is 1.00. The summed E-state index contributed by atoms with van der Waals surface area (Å²) in [5, 5.41) is 3.04. The van der Waals surface area contributed by atoms with Gasteiger partial charge in [-0.1, -0.05) is 0 Å². The van der Waals surface area contributed by atoms with Crippen LogP contribution in [0.2, 0.25) is 0 Å². The number of hydrogen-bond acceptors (Lipinski definition) is 3. The first kappa shape index (κ1) is 6.99. The Labute approximate surface area is 55.3 Å². The fourth-order valence-electron chi connectivity index (χ4n) is 0.760. The highest BCUT2D eigenvalue weighted by Gasteiger charge is 2.30. The van der Waals surface area contributed by atoms with E-state index in [2.05, 4.69) is 5.32 Å². The van der Waals surface area contributed by atoms with Crippen molar-refractivity contribution in [3.63, 3.8) is 0 Å². The molecule has 3 heteroatoms. The molecular weight excluding hydrogens is 118 g/mol. The first-order valence-corrected chi connectivity index (χ1v) is 3.22. The van der Waals surface area contributed by atoms with Gasteiger partial charge in [0, 0.05) is 0 Å². The van der Waals surface area contributed by atoms with Crippen molar-refractivity contribution in [2.24, 2.45) is 0 Å². The van der Waals surface area contributed by atoms with Gasteiger partial charge in [-0.3, -0.25) is 0 Å². The molecule has 1 atom stereocenters. The maximum absolute atomic E-state index is 5.21. The van der Waals surface area contributed by atoms with Gasteiger partial charge in [0.2, 0.25) is 0 Å². The molecule has 1 unspecified atom stereocenters. The Morgan fingerprint density at radius 2 is 2.00 bits per heavy atom. The molecule has 0 spiro atoms. The first-order chi connectivity index (χ1) is 4.24. The van der Waals surface area contributed by atoms with Crippen LogP contribution in [0.1, 0.15) is 13.8 Å². The standard InChI is InChI=1S/C6H13NO2/c1-4(7-3)6-8-5(2)9-6/h4-7H,1-3H3. The molecule has 1 aliphatic rings. The quantitative estimate of drug-likeness (QED) is 0.585. The van der Waals surface area contributed by atoms with Crippen LogP contribution >= 0.6 is 0 Å². The molecule has 1 aliphatic heterocycles. The molecular formula is C6H13NO2. The topological polar surface area (TPSA) is 30.5 Å². The van der Waals surface area contributed by atoms with Crippen LogP contribution in [0, 0.1) is 0 Å². The molecule has 9 heavy (non-hydrogen) atoms. The molecule has 1 heterocycles. The van der Waals surface area contributed by atoms with Crippen molar-refractivity contribution in [2.75, 3.05) is 7.05 Å². The molecule has 1 rings (SSSR count). The van der Waals surface area contributed by atoms with Crippen LogP contribution in [0.15, 0.2) is 0 Å². The van der Waals surface area contributed by atoms with Crippen molar-refractivity contribution >= 4 is 0 Å². The third-order valence-corrected chi connectivity index (χ3v) is 1.52. The van der Waals surface area contributed by atoms with E-state index >= 15 is 0 Å². The maximum Gasteiger partial charge on any atom is 0.178 e. The minimum absolute atomic E-state index is 0.00852. The van der Waals surface area contributed by atoms with Gasteiger partial charge in [-0.2, -0.15) is 0 Å². The van der Waals surface area contributed by atoms with E-state index in [1.165, 1.54) is 0 Å². The summed E-state index contributed by atoms with van der Waals surface area (Å²) in [6.07, 6.45) is -0.0456. The van der Waals surface area contributed by atoms with Gasteiger partial charge in [0.15, 0.2) is 12.6 Å². The Morgan fingerprint density at radius 1 is 1.44 bits per heavy atom. The molecule has 0 aliphatic carbocycles. The molecule has 3 nitrogen and oxygen atoms in total. The summed E-state index contributed by atoms with van der Waals surface area (Å²) < 4.78 is 10.4. The summed E-state index contributed by atoms with van der Waals surface area (Å²) in [7, 11) is 1.89. The fourth-order valence-corrected chi connectivity index (χ4v) is 0.760. The Balaban J connectivity index is 2.15. The number of likely N-dealkylation sites (N-methyl/N-ethyl adjacent to an activating group) is 1. The SMILES string of the molecule is CNC(C)C1OC(C)O1. The molecule has 54 valence electrons. The van der Waals surface area contributed by atoms with Crippen molar-refractivity contribution in [2.45, 2.75) is 32.5 Å². The zero-order chi connectivity index (χ0) is 6.85. The highest BCUT2D eigenvalue weighted by molar-refractivity contribution is 4.67. The van der Waals surface area contributed by atoms with E-state index in [9.17, 15) is 0 Å². The lowest BCUT2D eigenvalue weighted by Crippen LogP contribution is -2.50. The van der Waals surface area contributed by atoms with Gasteiger partial charge in [-0.05, 0) is 20.9 Å². The Morgan fingerprint density at radius 3 is 2.33 bits per heavy atom. The summed E-state index contributed by atoms with van der Waals surface area (Å²) in [5.74, 6) is 0. The van der Waals surface area contributed by atoms with Gasteiger partial charge in [0.25, 0.3) is 0 Å². The van der Waals surface area contributed by atoms with E-state index in [4.69, 9.17) is 9.47 Å². The lowest BCUT2D eigenvalue weighted by atomic mass is 10.3. The molecule has 1 fully saturated rings. The van der Waals surface area contributed by atoms with E-state index < -0.39 is 0 Å². The summed E-state index contributed by atoms with van der Waals surface area (Å²) in [4.78, 5) is 0. The van der Waals surface area contributed by atoms with Crippen LogP contribution in [0.3, 0.4) is 0 Å².